The van der Waals surface area contributed by atoms with E-state index in [-0.39, 0.29) is 16.2 Å². The van der Waals surface area contributed by atoms with Gasteiger partial charge in [-0.05, 0) is 24.8 Å². The average Bonchev–Trinajstić information content (AvgIpc) is 2.80. The van der Waals surface area contributed by atoms with Crippen LogP contribution >= 0.6 is 23.2 Å². The molecular formula is C12H15Cl2N3O. The van der Waals surface area contributed by atoms with Crippen molar-refractivity contribution < 1.29 is 4.79 Å². The second-order valence-corrected chi connectivity index (χ2v) is 5.31. The number of likely N-dealkylation sites (tertiary alicyclic amines) is 1. The van der Waals surface area contributed by atoms with E-state index < -0.39 is 0 Å². The zero-order valence-corrected chi connectivity index (χ0v) is 11.7. The minimum atomic E-state index is -0.101. The fourth-order valence-electron chi connectivity index (χ4n) is 2.33. The molecule has 2 heterocycles. The van der Waals surface area contributed by atoms with Gasteiger partial charge in [-0.2, -0.15) is 0 Å². The SMILES string of the molecule is CCCC1CCN(C(=O)c2cc(Cl)nnc2Cl)C1. The first-order valence-electron chi connectivity index (χ1n) is 6.09. The topological polar surface area (TPSA) is 46.1 Å². The molecule has 1 aliphatic heterocycles. The van der Waals surface area contributed by atoms with Gasteiger partial charge in [0.25, 0.3) is 5.91 Å². The standard InChI is InChI=1S/C12H15Cl2N3O/c1-2-3-8-4-5-17(7-8)12(18)9-6-10(13)15-16-11(9)14/h6,8H,2-5,7H2,1H3. The highest BCUT2D eigenvalue weighted by atomic mass is 35.5. The summed E-state index contributed by atoms with van der Waals surface area (Å²) < 4.78 is 0. The lowest BCUT2D eigenvalue weighted by Crippen LogP contribution is -2.29. The van der Waals surface area contributed by atoms with Crippen LogP contribution in [0.4, 0.5) is 0 Å². The zero-order chi connectivity index (χ0) is 13.1. The zero-order valence-electron chi connectivity index (χ0n) is 10.2. The molecule has 0 saturated carbocycles. The van der Waals surface area contributed by atoms with Crippen LogP contribution in [-0.2, 0) is 0 Å². The summed E-state index contributed by atoms with van der Waals surface area (Å²) in [5, 5.41) is 7.57. The Bertz CT molecular complexity index is 453. The third-order valence-corrected chi connectivity index (χ3v) is 3.68. The van der Waals surface area contributed by atoms with Crippen LogP contribution < -0.4 is 0 Å². The molecule has 98 valence electrons. The average molecular weight is 288 g/mol. The number of carbonyl (C=O) groups is 1. The van der Waals surface area contributed by atoms with E-state index in [2.05, 4.69) is 17.1 Å². The normalized spacial score (nSPS) is 19.3. The molecule has 0 bridgehead atoms. The van der Waals surface area contributed by atoms with Gasteiger partial charge in [-0.1, -0.05) is 36.5 Å². The predicted molar refractivity (Wildman–Crippen MR) is 71.0 cm³/mol. The van der Waals surface area contributed by atoms with Crippen LogP contribution in [0.3, 0.4) is 0 Å². The Kier molecular flexibility index (Phi) is 4.40. The Morgan fingerprint density at radius 3 is 3.00 bits per heavy atom. The van der Waals surface area contributed by atoms with Crippen molar-refractivity contribution in [3.05, 3.63) is 21.9 Å². The maximum Gasteiger partial charge on any atom is 0.257 e. The first-order valence-corrected chi connectivity index (χ1v) is 6.85. The lowest BCUT2D eigenvalue weighted by Gasteiger charge is -2.16. The number of amides is 1. The minimum Gasteiger partial charge on any atom is -0.338 e. The molecular weight excluding hydrogens is 273 g/mol. The molecule has 2 rings (SSSR count). The summed E-state index contributed by atoms with van der Waals surface area (Å²) in [6.07, 6.45) is 3.37. The van der Waals surface area contributed by atoms with Gasteiger partial charge in [0.15, 0.2) is 10.3 Å². The van der Waals surface area contributed by atoms with E-state index in [9.17, 15) is 4.79 Å². The second kappa shape index (κ2) is 5.85. The fraction of sp³-hybridized carbons (Fsp3) is 0.583. The molecule has 0 aliphatic carbocycles. The van der Waals surface area contributed by atoms with Crippen LogP contribution in [0.2, 0.25) is 10.3 Å². The van der Waals surface area contributed by atoms with Crippen LogP contribution in [0.5, 0.6) is 0 Å². The van der Waals surface area contributed by atoms with Crippen LogP contribution in [0, 0.1) is 5.92 Å². The van der Waals surface area contributed by atoms with Gasteiger partial charge in [-0.3, -0.25) is 4.79 Å². The highest BCUT2D eigenvalue weighted by Crippen LogP contribution is 2.24. The highest BCUT2D eigenvalue weighted by molar-refractivity contribution is 6.34. The molecule has 1 saturated heterocycles. The van der Waals surface area contributed by atoms with Crippen LogP contribution in [0.1, 0.15) is 36.5 Å². The number of rotatable bonds is 3. The number of halogens is 2. The number of aromatic nitrogens is 2. The summed E-state index contributed by atoms with van der Waals surface area (Å²) in [4.78, 5) is 14.1. The number of hydrogen-bond donors (Lipinski definition) is 0. The number of carbonyl (C=O) groups excluding carboxylic acids is 1. The molecule has 1 aliphatic rings. The highest BCUT2D eigenvalue weighted by Gasteiger charge is 2.28. The quantitative estimate of drug-likeness (QED) is 0.858. The molecule has 1 atom stereocenters. The number of nitrogens with zero attached hydrogens (tertiary/aromatic N) is 3. The monoisotopic (exact) mass is 287 g/mol. The molecule has 0 radical (unpaired) electrons. The fourth-order valence-corrected chi connectivity index (χ4v) is 2.65. The molecule has 18 heavy (non-hydrogen) atoms. The van der Waals surface area contributed by atoms with Gasteiger partial charge in [-0.15, -0.1) is 10.2 Å². The first-order chi connectivity index (χ1) is 8.61. The molecule has 4 nitrogen and oxygen atoms in total. The third kappa shape index (κ3) is 2.93. The van der Waals surface area contributed by atoms with Crippen molar-refractivity contribution in [1.82, 2.24) is 15.1 Å². The van der Waals surface area contributed by atoms with Gasteiger partial charge < -0.3 is 4.90 Å². The summed E-state index contributed by atoms with van der Waals surface area (Å²) in [6.45, 7) is 3.73. The van der Waals surface area contributed by atoms with Crippen molar-refractivity contribution in [1.29, 1.82) is 0 Å². The van der Waals surface area contributed by atoms with E-state index in [0.29, 0.717) is 11.5 Å². The van der Waals surface area contributed by atoms with Crippen molar-refractivity contribution in [2.75, 3.05) is 13.1 Å². The van der Waals surface area contributed by atoms with Crippen molar-refractivity contribution >= 4 is 29.1 Å². The maximum atomic E-state index is 12.3. The molecule has 1 aromatic heterocycles. The number of hydrogen-bond acceptors (Lipinski definition) is 3. The Labute approximate surface area is 116 Å². The summed E-state index contributed by atoms with van der Waals surface area (Å²) in [7, 11) is 0. The van der Waals surface area contributed by atoms with E-state index >= 15 is 0 Å². The molecule has 0 N–H and O–H groups in total. The van der Waals surface area contributed by atoms with Crippen molar-refractivity contribution in [2.24, 2.45) is 5.92 Å². The Balaban J connectivity index is 2.10. The van der Waals surface area contributed by atoms with Gasteiger partial charge in [-0.25, -0.2) is 0 Å². The van der Waals surface area contributed by atoms with E-state index in [4.69, 9.17) is 23.2 Å². The van der Waals surface area contributed by atoms with Crippen molar-refractivity contribution in [2.45, 2.75) is 26.2 Å². The molecule has 0 aromatic carbocycles. The Morgan fingerprint density at radius 1 is 1.50 bits per heavy atom. The summed E-state index contributed by atoms with van der Waals surface area (Å²) in [5.41, 5.74) is 0.341. The maximum absolute atomic E-state index is 12.3. The summed E-state index contributed by atoms with van der Waals surface area (Å²) >= 11 is 11.6. The van der Waals surface area contributed by atoms with Crippen molar-refractivity contribution in [3.63, 3.8) is 0 Å². The molecule has 1 aromatic rings. The largest absolute Gasteiger partial charge is 0.338 e. The van der Waals surface area contributed by atoms with E-state index in [1.807, 2.05) is 4.90 Å². The van der Waals surface area contributed by atoms with Gasteiger partial charge in [0.2, 0.25) is 0 Å². The molecule has 1 fully saturated rings. The predicted octanol–water partition coefficient (Wildman–Crippen LogP) is 3.05. The van der Waals surface area contributed by atoms with Gasteiger partial charge in [0.1, 0.15) is 0 Å². The van der Waals surface area contributed by atoms with Crippen LogP contribution in [0.15, 0.2) is 6.07 Å². The van der Waals surface area contributed by atoms with Crippen LogP contribution in [0.25, 0.3) is 0 Å². The van der Waals surface area contributed by atoms with Crippen LogP contribution in [-0.4, -0.2) is 34.1 Å². The molecule has 0 spiro atoms. The smallest absolute Gasteiger partial charge is 0.257 e. The van der Waals surface area contributed by atoms with Gasteiger partial charge in [0, 0.05) is 13.1 Å². The van der Waals surface area contributed by atoms with E-state index in [1.165, 1.54) is 6.07 Å². The summed E-state index contributed by atoms with van der Waals surface area (Å²) in [6, 6.07) is 1.48. The second-order valence-electron chi connectivity index (χ2n) is 4.57. The Morgan fingerprint density at radius 2 is 2.28 bits per heavy atom. The lowest BCUT2D eigenvalue weighted by atomic mass is 10.0. The van der Waals surface area contributed by atoms with Crippen molar-refractivity contribution in [3.8, 4) is 0 Å². The first kappa shape index (κ1) is 13.6. The third-order valence-electron chi connectivity index (χ3n) is 3.22. The van der Waals surface area contributed by atoms with E-state index in [0.717, 1.165) is 32.4 Å². The van der Waals surface area contributed by atoms with Gasteiger partial charge >= 0.3 is 0 Å². The van der Waals surface area contributed by atoms with E-state index in [1.54, 1.807) is 0 Å². The minimum absolute atomic E-state index is 0.101. The molecule has 1 unspecified atom stereocenters. The molecule has 1 amide bonds. The Hall–Kier alpha value is -0.870. The molecule has 6 heteroatoms. The summed E-state index contributed by atoms with van der Waals surface area (Å²) in [5.74, 6) is 0.499. The van der Waals surface area contributed by atoms with Gasteiger partial charge in [0.05, 0.1) is 5.56 Å². The lowest BCUT2D eigenvalue weighted by molar-refractivity contribution is 0.0786.